The van der Waals surface area contributed by atoms with Gasteiger partial charge in [0.15, 0.2) is 0 Å². The number of hydrogen-bond acceptors (Lipinski definition) is 2. The third-order valence-corrected chi connectivity index (χ3v) is 6.08. The SMILES string of the molecule is O=C(c1cccc(Cl)c1Cl)N1CCN(C(=O)C2CCCCCC2)CC1. The lowest BCUT2D eigenvalue weighted by Crippen LogP contribution is -2.52. The number of halogens is 2. The summed E-state index contributed by atoms with van der Waals surface area (Å²) in [4.78, 5) is 29.1. The van der Waals surface area contributed by atoms with Crippen molar-refractivity contribution in [1.82, 2.24) is 9.80 Å². The first kappa shape index (κ1) is 18.5. The lowest BCUT2D eigenvalue weighted by Gasteiger charge is -2.36. The van der Waals surface area contributed by atoms with Crippen molar-refractivity contribution in [3.63, 3.8) is 0 Å². The second-order valence-corrected chi connectivity index (χ2v) is 7.69. The van der Waals surface area contributed by atoms with Crippen LogP contribution in [0.2, 0.25) is 10.0 Å². The fraction of sp³-hybridized carbons (Fsp3) is 0.579. The summed E-state index contributed by atoms with van der Waals surface area (Å²) in [6.07, 6.45) is 6.81. The lowest BCUT2D eigenvalue weighted by atomic mass is 9.98. The predicted octanol–water partition coefficient (Wildman–Crippen LogP) is 4.25. The molecule has 1 saturated carbocycles. The summed E-state index contributed by atoms with van der Waals surface area (Å²) < 4.78 is 0. The van der Waals surface area contributed by atoms with E-state index in [1.54, 1.807) is 23.1 Å². The molecule has 1 aliphatic carbocycles. The Bertz CT molecular complexity index is 634. The van der Waals surface area contributed by atoms with Crippen LogP contribution >= 0.6 is 23.2 Å². The van der Waals surface area contributed by atoms with Crippen molar-refractivity contribution in [2.24, 2.45) is 5.92 Å². The fourth-order valence-electron chi connectivity index (χ4n) is 3.75. The molecule has 4 nitrogen and oxygen atoms in total. The Labute approximate surface area is 159 Å². The van der Waals surface area contributed by atoms with Crippen LogP contribution in [0.5, 0.6) is 0 Å². The molecule has 0 spiro atoms. The van der Waals surface area contributed by atoms with Gasteiger partial charge in [0, 0.05) is 32.1 Å². The van der Waals surface area contributed by atoms with Crippen molar-refractivity contribution in [3.05, 3.63) is 33.8 Å². The van der Waals surface area contributed by atoms with Gasteiger partial charge in [-0.3, -0.25) is 9.59 Å². The van der Waals surface area contributed by atoms with Gasteiger partial charge in [-0.25, -0.2) is 0 Å². The number of amides is 2. The molecule has 1 saturated heterocycles. The first-order valence-electron chi connectivity index (χ1n) is 9.10. The van der Waals surface area contributed by atoms with E-state index in [4.69, 9.17) is 23.2 Å². The van der Waals surface area contributed by atoms with Gasteiger partial charge in [0.25, 0.3) is 5.91 Å². The van der Waals surface area contributed by atoms with Crippen molar-refractivity contribution < 1.29 is 9.59 Å². The van der Waals surface area contributed by atoms with Crippen molar-refractivity contribution >= 4 is 35.0 Å². The molecule has 136 valence electrons. The molecule has 2 amide bonds. The Morgan fingerprint density at radius 2 is 1.48 bits per heavy atom. The molecule has 0 unspecified atom stereocenters. The highest BCUT2D eigenvalue weighted by Gasteiger charge is 2.30. The average Bonchev–Trinajstić information content (AvgIpc) is 2.92. The summed E-state index contributed by atoms with van der Waals surface area (Å²) in [6.45, 7) is 2.28. The van der Waals surface area contributed by atoms with E-state index in [9.17, 15) is 9.59 Å². The van der Waals surface area contributed by atoms with Gasteiger partial charge in [0.1, 0.15) is 0 Å². The Morgan fingerprint density at radius 3 is 2.12 bits per heavy atom. The van der Waals surface area contributed by atoms with Gasteiger partial charge in [0.05, 0.1) is 15.6 Å². The summed E-state index contributed by atoms with van der Waals surface area (Å²) in [5.41, 5.74) is 0.428. The molecule has 6 heteroatoms. The van der Waals surface area contributed by atoms with Crippen LogP contribution in [-0.2, 0) is 4.79 Å². The smallest absolute Gasteiger partial charge is 0.255 e. The number of carbonyl (C=O) groups excluding carboxylic acids is 2. The minimum atomic E-state index is -0.117. The summed E-state index contributed by atoms with van der Waals surface area (Å²) >= 11 is 12.2. The molecule has 1 aromatic carbocycles. The minimum Gasteiger partial charge on any atom is -0.339 e. The van der Waals surface area contributed by atoms with E-state index in [-0.39, 0.29) is 17.7 Å². The van der Waals surface area contributed by atoms with E-state index in [2.05, 4.69) is 0 Å². The molecule has 1 heterocycles. The highest BCUT2D eigenvalue weighted by molar-refractivity contribution is 6.43. The maximum Gasteiger partial charge on any atom is 0.255 e. The molecule has 0 radical (unpaired) electrons. The van der Waals surface area contributed by atoms with Gasteiger partial charge < -0.3 is 9.80 Å². The van der Waals surface area contributed by atoms with E-state index in [0.717, 1.165) is 25.7 Å². The predicted molar refractivity (Wildman–Crippen MR) is 100 cm³/mol. The average molecular weight is 383 g/mol. The fourth-order valence-corrected chi connectivity index (χ4v) is 4.14. The zero-order chi connectivity index (χ0) is 17.8. The van der Waals surface area contributed by atoms with Crippen LogP contribution in [0, 0.1) is 5.92 Å². The van der Waals surface area contributed by atoms with Crippen LogP contribution in [0.25, 0.3) is 0 Å². The van der Waals surface area contributed by atoms with Gasteiger partial charge in [-0.15, -0.1) is 0 Å². The maximum absolute atomic E-state index is 12.7. The first-order chi connectivity index (χ1) is 12.1. The second kappa shape index (κ2) is 8.41. The standard InChI is InChI=1S/C19H24Cl2N2O2/c20-16-9-5-8-15(17(16)21)19(25)23-12-10-22(11-13-23)18(24)14-6-3-1-2-4-7-14/h5,8-9,14H,1-4,6-7,10-13H2. The highest BCUT2D eigenvalue weighted by Crippen LogP contribution is 2.28. The van der Waals surface area contributed by atoms with Crippen LogP contribution in [0.3, 0.4) is 0 Å². The highest BCUT2D eigenvalue weighted by atomic mass is 35.5. The van der Waals surface area contributed by atoms with E-state index < -0.39 is 0 Å². The number of rotatable bonds is 2. The first-order valence-corrected chi connectivity index (χ1v) is 9.85. The van der Waals surface area contributed by atoms with Crippen LogP contribution in [-0.4, -0.2) is 47.8 Å². The van der Waals surface area contributed by atoms with Crippen molar-refractivity contribution in [1.29, 1.82) is 0 Å². The number of piperazine rings is 1. The van der Waals surface area contributed by atoms with E-state index in [0.29, 0.717) is 41.8 Å². The van der Waals surface area contributed by atoms with Crippen molar-refractivity contribution in [2.75, 3.05) is 26.2 Å². The third-order valence-electron chi connectivity index (χ3n) is 5.26. The molecule has 0 bridgehead atoms. The molecule has 1 aliphatic heterocycles. The van der Waals surface area contributed by atoms with Gasteiger partial charge in [-0.1, -0.05) is 55.0 Å². The molecule has 2 aliphatic rings. The lowest BCUT2D eigenvalue weighted by molar-refractivity contribution is -0.137. The number of carbonyl (C=O) groups is 2. The van der Waals surface area contributed by atoms with Crippen LogP contribution < -0.4 is 0 Å². The zero-order valence-corrected chi connectivity index (χ0v) is 15.9. The quantitative estimate of drug-likeness (QED) is 0.717. The molecule has 0 atom stereocenters. The van der Waals surface area contributed by atoms with E-state index in [1.165, 1.54) is 12.8 Å². The molecular weight excluding hydrogens is 359 g/mol. The monoisotopic (exact) mass is 382 g/mol. The van der Waals surface area contributed by atoms with Gasteiger partial charge in [-0.2, -0.15) is 0 Å². The molecule has 3 rings (SSSR count). The Kier molecular flexibility index (Phi) is 6.24. The van der Waals surface area contributed by atoms with E-state index >= 15 is 0 Å². The van der Waals surface area contributed by atoms with Crippen LogP contribution in [0.4, 0.5) is 0 Å². The maximum atomic E-state index is 12.7. The molecule has 25 heavy (non-hydrogen) atoms. The normalized spacial score (nSPS) is 19.6. The largest absolute Gasteiger partial charge is 0.339 e. The second-order valence-electron chi connectivity index (χ2n) is 6.91. The molecule has 0 aromatic heterocycles. The summed E-state index contributed by atoms with van der Waals surface area (Å²) in [7, 11) is 0. The zero-order valence-electron chi connectivity index (χ0n) is 14.3. The van der Waals surface area contributed by atoms with Crippen LogP contribution in [0.15, 0.2) is 18.2 Å². The van der Waals surface area contributed by atoms with Crippen molar-refractivity contribution in [3.8, 4) is 0 Å². The van der Waals surface area contributed by atoms with E-state index in [1.807, 2.05) is 4.90 Å². The minimum absolute atomic E-state index is 0.117. The number of hydrogen-bond donors (Lipinski definition) is 0. The topological polar surface area (TPSA) is 40.6 Å². The Balaban J connectivity index is 1.58. The molecule has 0 N–H and O–H groups in total. The third kappa shape index (κ3) is 4.29. The Morgan fingerprint density at radius 1 is 0.880 bits per heavy atom. The number of nitrogens with zero attached hydrogens (tertiary/aromatic N) is 2. The van der Waals surface area contributed by atoms with Gasteiger partial charge in [-0.05, 0) is 25.0 Å². The molecular formula is C19H24Cl2N2O2. The molecule has 2 fully saturated rings. The van der Waals surface area contributed by atoms with Crippen LogP contribution in [0.1, 0.15) is 48.9 Å². The number of benzene rings is 1. The summed E-state index contributed by atoms with van der Waals surface area (Å²) in [6, 6.07) is 5.09. The summed E-state index contributed by atoms with van der Waals surface area (Å²) in [5, 5.41) is 0.681. The van der Waals surface area contributed by atoms with Crippen molar-refractivity contribution in [2.45, 2.75) is 38.5 Å². The Hall–Kier alpha value is -1.26. The summed E-state index contributed by atoms with van der Waals surface area (Å²) in [5.74, 6) is 0.330. The van der Waals surface area contributed by atoms with Gasteiger partial charge in [0.2, 0.25) is 5.91 Å². The van der Waals surface area contributed by atoms with Gasteiger partial charge >= 0.3 is 0 Å². The molecule has 1 aromatic rings.